The number of rotatable bonds is 4. The van der Waals surface area contributed by atoms with Crippen molar-refractivity contribution in [3.8, 4) is 0 Å². The maximum absolute atomic E-state index is 12.2. The summed E-state index contributed by atoms with van der Waals surface area (Å²) in [6, 6.07) is 2.82. The SMILES string of the molecule is Nc1cc(Cl)cc(S(=O)(=O)NCc2nccs2)c1Br. The molecule has 0 amide bonds. The Morgan fingerprint density at radius 2 is 2.21 bits per heavy atom. The van der Waals surface area contributed by atoms with Gasteiger partial charge in [0.15, 0.2) is 0 Å². The zero-order valence-corrected chi connectivity index (χ0v) is 13.4. The van der Waals surface area contributed by atoms with Gasteiger partial charge in [0.05, 0.1) is 15.9 Å². The Labute approximate surface area is 128 Å². The predicted octanol–water partition coefficient (Wildman–Crippen LogP) is 2.62. The number of hydrogen-bond acceptors (Lipinski definition) is 5. The second-order valence-corrected chi connectivity index (χ2v) is 7.50. The van der Waals surface area contributed by atoms with Gasteiger partial charge in [-0.15, -0.1) is 11.3 Å². The van der Waals surface area contributed by atoms with Crippen LogP contribution in [0.2, 0.25) is 5.02 Å². The van der Waals surface area contributed by atoms with Crippen molar-refractivity contribution in [3.63, 3.8) is 0 Å². The first-order valence-electron chi connectivity index (χ1n) is 5.02. The molecule has 0 radical (unpaired) electrons. The molecule has 2 aromatic rings. The van der Waals surface area contributed by atoms with E-state index in [4.69, 9.17) is 17.3 Å². The minimum Gasteiger partial charge on any atom is -0.398 e. The van der Waals surface area contributed by atoms with Crippen LogP contribution < -0.4 is 10.5 Å². The zero-order chi connectivity index (χ0) is 14.0. The summed E-state index contributed by atoms with van der Waals surface area (Å²) in [5.41, 5.74) is 5.94. The number of thiazole rings is 1. The van der Waals surface area contributed by atoms with E-state index in [0.29, 0.717) is 9.48 Å². The quantitative estimate of drug-likeness (QED) is 0.796. The van der Waals surface area contributed by atoms with Crippen molar-refractivity contribution >= 4 is 54.6 Å². The average molecular weight is 383 g/mol. The summed E-state index contributed by atoms with van der Waals surface area (Å²) in [6.07, 6.45) is 1.61. The fraction of sp³-hybridized carbons (Fsp3) is 0.100. The topological polar surface area (TPSA) is 85.1 Å². The standard InChI is InChI=1S/C10H9BrClN3O2S2/c11-10-7(13)3-6(12)4-8(10)19(16,17)15-5-9-14-1-2-18-9/h1-4,15H,5,13H2. The van der Waals surface area contributed by atoms with Crippen molar-refractivity contribution in [1.29, 1.82) is 0 Å². The average Bonchev–Trinajstić information content (AvgIpc) is 2.84. The number of aromatic nitrogens is 1. The van der Waals surface area contributed by atoms with Gasteiger partial charge in [-0.3, -0.25) is 0 Å². The molecular formula is C10H9BrClN3O2S2. The van der Waals surface area contributed by atoms with Crippen LogP contribution in [0.3, 0.4) is 0 Å². The van der Waals surface area contributed by atoms with E-state index in [9.17, 15) is 8.42 Å². The largest absolute Gasteiger partial charge is 0.398 e. The van der Waals surface area contributed by atoms with Crippen molar-refractivity contribution in [2.75, 3.05) is 5.73 Å². The molecule has 102 valence electrons. The fourth-order valence-corrected chi connectivity index (χ4v) is 4.28. The molecule has 2 rings (SSSR count). The molecule has 0 fully saturated rings. The Morgan fingerprint density at radius 1 is 1.47 bits per heavy atom. The highest BCUT2D eigenvalue weighted by Gasteiger charge is 2.20. The summed E-state index contributed by atoms with van der Waals surface area (Å²) >= 11 is 10.3. The Hall–Kier alpha value is -0.670. The van der Waals surface area contributed by atoms with Gasteiger partial charge < -0.3 is 5.73 Å². The van der Waals surface area contributed by atoms with Crippen LogP contribution in [0, 0.1) is 0 Å². The Balaban J connectivity index is 2.29. The Kier molecular flexibility index (Phi) is 4.46. The zero-order valence-electron chi connectivity index (χ0n) is 9.43. The first-order valence-corrected chi connectivity index (χ1v) is 8.56. The van der Waals surface area contributed by atoms with Crippen molar-refractivity contribution in [3.05, 3.63) is 38.2 Å². The number of nitrogens with two attached hydrogens (primary N) is 1. The van der Waals surface area contributed by atoms with E-state index < -0.39 is 10.0 Å². The van der Waals surface area contributed by atoms with Gasteiger partial charge in [-0.25, -0.2) is 18.1 Å². The van der Waals surface area contributed by atoms with Gasteiger partial charge in [-0.2, -0.15) is 0 Å². The highest BCUT2D eigenvalue weighted by molar-refractivity contribution is 9.10. The van der Waals surface area contributed by atoms with Gasteiger partial charge >= 0.3 is 0 Å². The van der Waals surface area contributed by atoms with Crippen LogP contribution in [-0.2, 0) is 16.6 Å². The minimum atomic E-state index is -3.71. The molecule has 0 saturated heterocycles. The van der Waals surface area contributed by atoms with E-state index >= 15 is 0 Å². The second kappa shape index (κ2) is 5.76. The van der Waals surface area contributed by atoms with Gasteiger partial charge in [-0.05, 0) is 28.1 Å². The second-order valence-electron chi connectivity index (χ2n) is 3.56. The third kappa shape index (κ3) is 3.46. The highest BCUT2D eigenvalue weighted by Crippen LogP contribution is 2.31. The van der Waals surface area contributed by atoms with Crippen molar-refractivity contribution in [1.82, 2.24) is 9.71 Å². The molecule has 9 heteroatoms. The summed E-state index contributed by atoms with van der Waals surface area (Å²) in [4.78, 5) is 4.01. The molecule has 0 saturated carbocycles. The van der Waals surface area contributed by atoms with Crippen LogP contribution in [0.1, 0.15) is 5.01 Å². The molecule has 1 heterocycles. The fourth-order valence-electron chi connectivity index (χ4n) is 1.35. The van der Waals surface area contributed by atoms with Crippen molar-refractivity contribution in [2.45, 2.75) is 11.4 Å². The molecule has 0 bridgehead atoms. The van der Waals surface area contributed by atoms with E-state index in [1.165, 1.54) is 23.5 Å². The van der Waals surface area contributed by atoms with Gasteiger partial charge in [0.2, 0.25) is 10.0 Å². The lowest BCUT2D eigenvalue weighted by atomic mass is 10.3. The van der Waals surface area contributed by atoms with Crippen LogP contribution in [0.4, 0.5) is 5.69 Å². The third-order valence-electron chi connectivity index (χ3n) is 2.22. The summed E-state index contributed by atoms with van der Waals surface area (Å²) in [5, 5.41) is 2.71. The van der Waals surface area contributed by atoms with E-state index in [2.05, 4.69) is 25.6 Å². The lowest BCUT2D eigenvalue weighted by Crippen LogP contribution is -2.23. The van der Waals surface area contributed by atoms with Crippen molar-refractivity contribution < 1.29 is 8.42 Å². The molecule has 1 aromatic heterocycles. The summed E-state index contributed by atoms with van der Waals surface area (Å²) in [5.74, 6) is 0. The number of halogens is 2. The van der Waals surface area contributed by atoms with E-state index in [1.54, 1.807) is 11.6 Å². The first-order chi connectivity index (χ1) is 8.90. The van der Waals surface area contributed by atoms with Crippen molar-refractivity contribution in [2.24, 2.45) is 0 Å². The highest BCUT2D eigenvalue weighted by atomic mass is 79.9. The molecular weight excluding hydrogens is 374 g/mol. The predicted molar refractivity (Wildman–Crippen MR) is 79.7 cm³/mol. The maximum Gasteiger partial charge on any atom is 0.242 e. The third-order valence-corrected chi connectivity index (χ3v) is 5.79. The molecule has 0 aliphatic heterocycles. The Morgan fingerprint density at radius 3 is 2.84 bits per heavy atom. The van der Waals surface area contributed by atoms with Gasteiger partial charge in [-0.1, -0.05) is 11.6 Å². The van der Waals surface area contributed by atoms with Gasteiger partial charge in [0.25, 0.3) is 0 Å². The Bertz CT molecular complexity index is 689. The molecule has 0 unspecified atom stereocenters. The molecule has 0 atom stereocenters. The van der Waals surface area contributed by atoms with Crippen LogP contribution in [-0.4, -0.2) is 13.4 Å². The van der Waals surface area contributed by atoms with Crippen LogP contribution >= 0.6 is 38.9 Å². The first kappa shape index (κ1) is 14.7. The number of nitrogen functional groups attached to an aromatic ring is 1. The molecule has 0 spiro atoms. The van der Waals surface area contributed by atoms with Crippen LogP contribution in [0.5, 0.6) is 0 Å². The van der Waals surface area contributed by atoms with Crippen LogP contribution in [0.15, 0.2) is 33.1 Å². The molecule has 19 heavy (non-hydrogen) atoms. The normalized spacial score (nSPS) is 11.7. The molecule has 3 N–H and O–H groups in total. The maximum atomic E-state index is 12.2. The smallest absolute Gasteiger partial charge is 0.242 e. The molecule has 5 nitrogen and oxygen atoms in total. The number of nitrogens with zero attached hydrogens (tertiary/aromatic N) is 1. The number of benzene rings is 1. The minimum absolute atomic E-state index is 0.00839. The monoisotopic (exact) mass is 381 g/mol. The number of hydrogen-bond donors (Lipinski definition) is 2. The lowest BCUT2D eigenvalue weighted by Gasteiger charge is -2.09. The summed E-state index contributed by atoms with van der Waals surface area (Å²) < 4.78 is 27.1. The van der Waals surface area contributed by atoms with E-state index in [1.807, 2.05) is 0 Å². The lowest BCUT2D eigenvalue weighted by molar-refractivity contribution is 0.580. The number of sulfonamides is 1. The van der Waals surface area contributed by atoms with E-state index in [0.717, 1.165) is 0 Å². The van der Waals surface area contributed by atoms with Gasteiger partial charge in [0, 0.05) is 22.3 Å². The number of anilines is 1. The van der Waals surface area contributed by atoms with Crippen LogP contribution in [0.25, 0.3) is 0 Å². The number of nitrogens with one attached hydrogen (secondary N) is 1. The summed E-state index contributed by atoms with van der Waals surface area (Å²) in [7, 11) is -3.71. The molecule has 0 aliphatic carbocycles. The van der Waals surface area contributed by atoms with Gasteiger partial charge in [0.1, 0.15) is 5.01 Å². The molecule has 0 aliphatic rings. The summed E-state index contributed by atoms with van der Waals surface area (Å²) in [6.45, 7) is 0.124. The van der Waals surface area contributed by atoms with E-state index in [-0.39, 0.29) is 22.2 Å². The molecule has 1 aromatic carbocycles.